The lowest BCUT2D eigenvalue weighted by Gasteiger charge is -2.30. The fraction of sp³-hybridized carbons (Fsp3) is 0.414. The van der Waals surface area contributed by atoms with E-state index >= 15 is 0 Å². The van der Waals surface area contributed by atoms with E-state index in [1.807, 2.05) is 13.0 Å². The van der Waals surface area contributed by atoms with Gasteiger partial charge in [0.1, 0.15) is 5.69 Å². The maximum absolute atomic E-state index is 13.1. The average molecular weight is 592 g/mol. The van der Waals surface area contributed by atoms with Gasteiger partial charge >= 0.3 is 6.18 Å². The number of halogens is 4. The summed E-state index contributed by atoms with van der Waals surface area (Å²) >= 11 is 0. The van der Waals surface area contributed by atoms with Crippen LogP contribution in [-0.4, -0.2) is 61.9 Å². The van der Waals surface area contributed by atoms with E-state index in [2.05, 4.69) is 25.5 Å². The van der Waals surface area contributed by atoms with Gasteiger partial charge in [0.05, 0.1) is 37.3 Å². The number of nitrogens with zero attached hydrogens (tertiary/aromatic N) is 3. The number of morpholine rings is 1. The summed E-state index contributed by atoms with van der Waals surface area (Å²) in [6, 6.07) is 8.08. The molecule has 0 saturated carbocycles. The molecule has 0 atom stereocenters. The number of alkyl halides is 3. The number of piperidine rings is 1. The number of anilines is 2. The van der Waals surface area contributed by atoms with Crippen molar-refractivity contribution < 1.29 is 27.4 Å². The molecule has 0 aliphatic carbocycles. The molecule has 3 aromatic rings. The Labute approximate surface area is 243 Å². The van der Waals surface area contributed by atoms with Crippen LogP contribution in [0.15, 0.2) is 48.8 Å². The van der Waals surface area contributed by atoms with Gasteiger partial charge < -0.3 is 25.0 Å². The highest BCUT2D eigenvalue weighted by Gasteiger charge is 2.31. The maximum Gasteiger partial charge on any atom is 0.416 e. The van der Waals surface area contributed by atoms with E-state index in [9.17, 15) is 18.0 Å². The van der Waals surface area contributed by atoms with Crippen molar-refractivity contribution in [3.05, 3.63) is 65.6 Å². The molecule has 5 rings (SSSR count). The van der Waals surface area contributed by atoms with Gasteiger partial charge in [-0.2, -0.15) is 13.2 Å². The molecule has 12 heteroatoms. The van der Waals surface area contributed by atoms with E-state index in [0.29, 0.717) is 50.4 Å². The van der Waals surface area contributed by atoms with Crippen LogP contribution in [0.4, 0.5) is 24.5 Å². The number of nitrogens with one attached hydrogen (secondary N) is 2. The van der Waals surface area contributed by atoms with Crippen molar-refractivity contribution in [1.29, 1.82) is 0 Å². The minimum absolute atomic E-state index is 0. The summed E-state index contributed by atoms with van der Waals surface area (Å²) in [5, 5.41) is 6.04. The van der Waals surface area contributed by atoms with E-state index in [1.165, 1.54) is 18.3 Å². The topological polar surface area (TPSA) is 88.6 Å². The minimum Gasteiger partial charge on any atom is -0.476 e. The smallest absolute Gasteiger partial charge is 0.416 e. The van der Waals surface area contributed by atoms with Gasteiger partial charge in [0.25, 0.3) is 5.91 Å². The monoisotopic (exact) mass is 591 g/mol. The minimum atomic E-state index is -4.54. The Morgan fingerprint density at radius 3 is 2.61 bits per heavy atom. The van der Waals surface area contributed by atoms with Crippen LogP contribution in [0, 0.1) is 12.8 Å². The Bertz CT molecular complexity index is 1350. The first kappa shape index (κ1) is 30.5. The largest absolute Gasteiger partial charge is 0.476 e. The number of ether oxygens (including phenoxy) is 2. The summed E-state index contributed by atoms with van der Waals surface area (Å²) in [6.07, 6.45) is 0.800. The summed E-state index contributed by atoms with van der Waals surface area (Å²) in [6.45, 7) is 7.06. The number of carbonyl (C=O) groups is 1. The second-order valence-corrected chi connectivity index (χ2v) is 10.0. The second kappa shape index (κ2) is 13.5. The molecule has 8 nitrogen and oxygen atoms in total. The average Bonchev–Trinajstić information content (AvgIpc) is 2.97. The Hall–Kier alpha value is -3.41. The number of aryl methyl sites for hydroxylation is 1. The molecular formula is C29H33ClF3N5O3. The van der Waals surface area contributed by atoms with Gasteiger partial charge in [-0.1, -0.05) is 6.07 Å². The standard InChI is InChI=1S/C29H32F3N5O3.ClH/c1-19-25(15-24(17-34-19)36-27(38)21-3-2-4-23(13-21)29(30,31)32)22-14-26(37-9-11-39-12-10-37)28(35-16-22)40-18-20-5-7-33-8-6-20;/h2-4,13-17,20,33H,5-12,18H2,1H3,(H,36,38);1H. The molecular weight excluding hydrogens is 559 g/mol. The normalized spacial score (nSPS) is 16.1. The number of rotatable bonds is 7. The van der Waals surface area contributed by atoms with E-state index in [-0.39, 0.29) is 18.0 Å². The van der Waals surface area contributed by atoms with Crippen molar-refractivity contribution in [1.82, 2.24) is 15.3 Å². The zero-order chi connectivity index (χ0) is 28.1. The lowest BCUT2D eigenvalue weighted by Crippen LogP contribution is -2.36. The van der Waals surface area contributed by atoms with Crippen LogP contribution in [-0.2, 0) is 10.9 Å². The number of carbonyl (C=O) groups excluding carboxylic acids is 1. The molecule has 2 saturated heterocycles. The molecule has 4 heterocycles. The number of aromatic nitrogens is 2. The molecule has 1 aromatic carbocycles. The van der Waals surface area contributed by atoms with Crippen LogP contribution in [0.1, 0.15) is 34.5 Å². The zero-order valence-electron chi connectivity index (χ0n) is 22.7. The highest BCUT2D eigenvalue weighted by atomic mass is 35.5. The highest BCUT2D eigenvalue weighted by Crippen LogP contribution is 2.34. The van der Waals surface area contributed by atoms with Gasteiger partial charge in [0, 0.05) is 41.7 Å². The van der Waals surface area contributed by atoms with E-state index in [4.69, 9.17) is 9.47 Å². The first-order valence-electron chi connectivity index (χ1n) is 13.4. The fourth-order valence-electron chi connectivity index (χ4n) is 4.91. The summed E-state index contributed by atoms with van der Waals surface area (Å²) in [7, 11) is 0. The van der Waals surface area contributed by atoms with Gasteiger partial charge in [-0.25, -0.2) is 4.98 Å². The molecule has 2 aliphatic heterocycles. The Balaban J connectivity index is 0.00000387. The predicted molar refractivity (Wildman–Crippen MR) is 153 cm³/mol. The summed E-state index contributed by atoms with van der Waals surface area (Å²) in [5.74, 6) is 0.393. The van der Waals surface area contributed by atoms with Crippen molar-refractivity contribution in [2.45, 2.75) is 25.9 Å². The lowest BCUT2D eigenvalue weighted by molar-refractivity contribution is -0.137. The Morgan fingerprint density at radius 1 is 1.12 bits per heavy atom. The summed E-state index contributed by atoms with van der Waals surface area (Å²) in [5.41, 5.74) is 2.50. The predicted octanol–water partition coefficient (Wildman–Crippen LogP) is 5.36. The van der Waals surface area contributed by atoms with Crippen molar-refractivity contribution in [3.63, 3.8) is 0 Å². The molecule has 220 valence electrons. The maximum atomic E-state index is 13.1. The third-order valence-electron chi connectivity index (χ3n) is 7.21. The molecule has 0 spiro atoms. The Kier molecular flexibility index (Phi) is 10.1. The first-order chi connectivity index (χ1) is 19.3. The quantitative estimate of drug-likeness (QED) is 0.382. The number of hydrogen-bond acceptors (Lipinski definition) is 7. The van der Waals surface area contributed by atoms with E-state index in [1.54, 1.807) is 12.3 Å². The van der Waals surface area contributed by atoms with Crippen LogP contribution in [0.5, 0.6) is 5.88 Å². The molecule has 2 aliphatic rings. The summed E-state index contributed by atoms with van der Waals surface area (Å²) in [4.78, 5) is 24.1. The molecule has 0 radical (unpaired) electrons. The van der Waals surface area contributed by atoms with Crippen molar-refractivity contribution in [2.75, 3.05) is 56.2 Å². The number of benzene rings is 1. The highest BCUT2D eigenvalue weighted by molar-refractivity contribution is 6.04. The van der Waals surface area contributed by atoms with E-state index < -0.39 is 17.6 Å². The van der Waals surface area contributed by atoms with Crippen LogP contribution in [0.2, 0.25) is 0 Å². The van der Waals surface area contributed by atoms with Crippen molar-refractivity contribution in [2.24, 2.45) is 5.92 Å². The number of hydrogen-bond donors (Lipinski definition) is 2. The van der Waals surface area contributed by atoms with Gasteiger partial charge in [-0.15, -0.1) is 12.4 Å². The van der Waals surface area contributed by atoms with Crippen LogP contribution in [0.3, 0.4) is 0 Å². The zero-order valence-corrected chi connectivity index (χ0v) is 23.5. The van der Waals surface area contributed by atoms with Crippen molar-refractivity contribution >= 4 is 29.7 Å². The fourth-order valence-corrected chi connectivity index (χ4v) is 4.91. The van der Waals surface area contributed by atoms with Crippen LogP contribution < -0.4 is 20.3 Å². The van der Waals surface area contributed by atoms with Gasteiger partial charge in [0.15, 0.2) is 0 Å². The molecule has 0 unspecified atom stereocenters. The van der Waals surface area contributed by atoms with Crippen LogP contribution >= 0.6 is 12.4 Å². The number of amides is 1. The molecule has 2 fully saturated rings. The summed E-state index contributed by atoms with van der Waals surface area (Å²) < 4.78 is 51.1. The van der Waals surface area contributed by atoms with E-state index in [0.717, 1.165) is 60.6 Å². The first-order valence-corrected chi connectivity index (χ1v) is 13.4. The van der Waals surface area contributed by atoms with Gasteiger partial charge in [-0.3, -0.25) is 9.78 Å². The third kappa shape index (κ3) is 7.66. The molecule has 0 bridgehead atoms. The van der Waals surface area contributed by atoms with Gasteiger partial charge in [-0.05, 0) is 69.1 Å². The third-order valence-corrected chi connectivity index (χ3v) is 7.21. The molecule has 41 heavy (non-hydrogen) atoms. The number of pyridine rings is 2. The Morgan fingerprint density at radius 2 is 1.88 bits per heavy atom. The molecule has 1 amide bonds. The SMILES string of the molecule is Cc1ncc(NC(=O)c2cccc(C(F)(F)F)c2)cc1-c1cnc(OCC2CCNCC2)c(N2CCOCC2)c1.Cl. The molecule has 2 N–H and O–H groups in total. The molecule has 2 aromatic heterocycles. The van der Waals surface area contributed by atoms with Crippen LogP contribution in [0.25, 0.3) is 11.1 Å². The lowest BCUT2D eigenvalue weighted by atomic mass is 9.99. The van der Waals surface area contributed by atoms with Gasteiger partial charge in [0.2, 0.25) is 5.88 Å². The van der Waals surface area contributed by atoms with Crippen molar-refractivity contribution in [3.8, 4) is 17.0 Å². The second-order valence-electron chi connectivity index (χ2n) is 10.0.